The number of esters is 1. The minimum atomic E-state index is -0.673. The molecule has 9 heteroatoms. The molecule has 78 heavy (non-hydrogen) atoms. The lowest BCUT2D eigenvalue weighted by Gasteiger charge is -2.23. The van der Waals surface area contributed by atoms with Gasteiger partial charge in [0.2, 0.25) is 5.91 Å². The van der Waals surface area contributed by atoms with Gasteiger partial charge >= 0.3 is 5.97 Å². The monoisotopic (exact) mass is 1020 g/mol. The van der Waals surface area contributed by atoms with Gasteiger partial charge in [-0.2, -0.15) is 0 Å². The molecule has 9 nitrogen and oxygen atoms in total. The number of rotatable bonds is 16. The van der Waals surface area contributed by atoms with Crippen LogP contribution in [0.2, 0.25) is 0 Å². The lowest BCUT2D eigenvalue weighted by Crippen LogP contribution is -2.37. The van der Waals surface area contributed by atoms with E-state index in [-0.39, 0.29) is 30.9 Å². The summed E-state index contributed by atoms with van der Waals surface area (Å²) < 4.78 is 6.07. The number of imidazole rings is 2. The fourth-order valence-electron chi connectivity index (χ4n) is 11.5. The Balaban J connectivity index is 0.000000220. The highest BCUT2D eigenvalue weighted by Crippen LogP contribution is 2.45. The molecular weight excluding hydrogens is 961 g/mol. The van der Waals surface area contributed by atoms with Gasteiger partial charge < -0.3 is 25.8 Å². The number of benzene rings is 8. The van der Waals surface area contributed by atoms with E-state index in [2.05, 4.69) is 148 Å². The quantitative estimate of drug-likeness (QED) is 0.0711. The maximum absolute atomic E-state index is 14.6. The molecule has 8 aromatic carbocycles. The molecule has 0 saturated carbocycles. The summed E-state index contributed by atoms with van der Waals surface area (Å²) in [6.07, 6.45) is 11.8. The number of hydrogen-bond acceptors (Lipinski definition) is 6. The van der Waals surface area contributed by atoms with Gasteiger partial charge in [0.15, 0.2) is 0 Å². The van der Waals surface area contributed by atoms with Crippen LogP contribution in [0.25, 0.3) is 55.6 Å². The van der Waals surface area contributed by atoms with Crippen molar-refractivity contribution in [2.45, 2.75) is 56.5 Å². The molecule has 0 aliphatic heterocycles. The SMILES string of the molecule is N[C@H](CC1=CCc2ccccc21)c1ncc(-c2ccccc2)[nH]1.O=C(C[C@H](Cc1ccc2ccccc2c1)C(=O)N[C@H](CC1=CCc2ccccc21)c1ncc(-c2ccccc2)[nH]1)OCC1c2ccccc2-c2ccccc21. The number of aromatic nitrogens is 4. The number of allylic oxidation sites excluding steroid dienone is 2. The van der Waals surface area contributed by atoms with Gasteiger partial charge in [0.25, 0.3) is 0 Å². The van der Waals surface area contributed by atoms with E-state index in [1.165, 1.54) is 44.5 Å². The standard InChI is InChI=1S/C49H41N3O3.C20H19N3/c53-47(55-31-44-42-20-10-8-18-40(42)41-19-9-11-21-43(41)44)29-38(27-32-22-23-33-12-4-5-16-36(33)26-32)49(54)52-45(28-37-25-24-34-13-6-7-17-39(34)37)48-50-30-46(51-48)35-14-2-1-3-15-35;21-18(12-16-11-10-14-6-4-5-9-17(14)16)20-22-13-19(23-20)15-7-2-1-3-8-15/h1-23,25-26,30,38,44-45H,24,27-29,31H2,(H,50,51)(H,52,54);1-9,11,13,18H,10,12,21H2,(H,22,23)/t38-,45+;18-/m01/s1. The summed E-state index contributed by atoms with van der Waals surface area (Å²) >= 11 is 0. The zero-order valence-electron chi connectivity index (χ0n) is 43.3. The first-order valence-corrected chi connectivity index (χ1v) is 27.0. The highest BCUT2D eigenvalue weighted by molar-refractivity contribution is 5.87. The second-order valence-corrected chi connectivity index (χ2v) is 20.6. The summed E-state index contributed by atoms with van der Waals surface area (Å²) in [5, 5.41) is 5.58. The van der Waals surface area contributed by atoms with Crippen molar-refractivity contribution < 1.29 is 14.3 Å². The number of nitrogens with two attached hydrogens (primary N) is 1. The van der Waals surface area contributed by atoms with Crippen LogP contribution in [-0.2, 0) is 33.6 Å². The molecule has 10 aromatic rings. The van der Waals surface area contributed by atoms with Gasteiger partial charge in [-0.15, -0.1) is 0 Å². The largest absolute Gasteiger partial charge is 0.465 e. The average Bonchev–Trinajstić information content (AvgIpc) is 4.45. The molecule has 3 aliphatic rings. The highest BCUT2D eigenvalue weighted by atomic mass is 16.5. The average molecular weight is 1020 g/mol. The van der Waals surface area contributed by atoms with E-state index in [0.717, 1.165) is 75.1 Å². The van der Waals surface area contributed by atoms with Crippen molar-refractivity contribution in [2.24, 2.45) is 11.7 Å². The highest BCUT2D eigenvalue weighted by Gasteiger charge is 2.32. The second kappa shape index (κ2) is 22.6. The topological polar surface area (TPSA) is 139 Å². The number of carbonyl (C=O) groups excluding carboxylic acids is 2. The summed E-state index contributed by atoms with van der Waals surface area (Å²) in [5.74, 6) is 0.172. The van der Waals surface area contributed by atoms with Crippen molar-refractivity contribution in [3.05, 3.63) is 275 Å². The van der Waals surface area contributed by atoms with Crippen LogP contribution in [0.4, 0.5) is 0 Å². The van der Waals surface area contributed by atoms with Gasteiger partial charge in [-0.25, -0.2) is 9.97 Å². The van der Waals surface area contributed by atoms with Gasteiger partial charge in [0.05, 0.1) is 48.2 Å². The Morgan fingerprint density at radius 2 is 1.06 bits per heavy atom. The number of nitrogens with one attached hydrogen (secondary N) is 3. The van der Waals surface area contributed by atoms with E-state index in [9.17, 15) is 9.59 Å². The summed E-state index contributed by atoms with van der Waals surface area (Å²) in [6.45, 7) is 0.210. The molecule has 0 fully saturated rings. The van der Waals surface area contributed by atoms with E-state index in [0.29, 0.717) is 18.7 Å². The predicted molar refractivity (Wildman–Crippen MR) is 312 cm³/mol. The third-order valence-corrected chi connectivity index (χ3v) is 15.5. The molecule has 3 atom stereocenters. The number of fused-ring (bicyclic) bond motifs is 6. The van der Waals surface area contributed by atoms with Gasteiger partial charge in [-0.1, -0.05) is 212 Å². The summed E-state index contributed by atoms with van der Waals surface area (Å²) in [4.78, 5) is 44.6. The zero-order chi connectivity index (χ0) is 52.8. The second-order valence-electron chi connectivity index (χ2n) is 20.6. The normalized spacial score (nSPS) is 14.2. The third-order valence-electron chi connectivity index (χ3n) is 15.5. The maximum Gasteiger partial charge on any atom is 0.306 e. The first-order valence-electron chi connectivity index (χ1n) is 27.0. The third kappa shape index (κ3) is 10.8. The molecule has 384 valence electrons. The molecule has 3 aliphatic carbocycles. The van der Waals surface area contributed by atoms with Crippen LogP contribution < -0.4 is 11.1 Å². The van der Waals surface area contributed by atoms with E-state index < -0.39 is 17.9 Å². The fraction of sp³-hybridized carbons (Fsp3) is 0.159. The minimum absolute atomic E-state index is 0.0552. The Hall–Kier alpha value is -9.18. The summed E-state index contributed by atoms with van der Waals surface area (Å²) in [7, 11) is 0. The molecular formula is C69H60N6O3. The first kappa shape index (κ1) is 49.7. The van der Waals surface area contributed by atoms with Crippen molar-refractivity contribution in [1.29, 1.82) is 0 Å². The lowest BCUT2D eigenvalue weighted by molar-refractivity contribution is -0.147. The number of carbonyl (C=O) groups is 2. The minimum Gasteiger partial charge on any atom is -0.465 e. The molecule has 0 spiro atoms. The van der Waals surface area contributed by atoms with Crippen LogP contribution in [0, 0.1) is 5.92 Å². The number of nitrogens with zero attached hydrogens (tertiary/aromatic N) is 2. The first-order chi connectivity index (χ1) is 38.4. The number of H-pyrrole nitrogens is 2. The molecule has 2 aromatic heterocycles. The predicted octanol–water partition coefficient (Wildman–Crippen LogP) is 14.1. The Bertz CT molecular complexity index is 3790. The van der Waals surface area contributed by atoms with E-state index in [1.807, 2.05) is 97.3 Å². The molecule has 0 bridgehead atoms. The van der Waals surface area contributed by atoms with Crippen molar-refractivity contribution in [3.63, 3.8) is 0 Å². The van der Waals surface area contributed by atoms with Crippen molar-refractivity contribution in [1.82, 2.24) is 25.3 Å². The van der Waals surface area contributed by atoms with Gasteiger partial charge in [-0.3, -0.25) is 9.59 Å². The van der Waals surface area contributed by atoms with E-state index >= 15 is 0 Å². The zero-order valence-corrected chi connectivity index (χ0v) is 43.3. The summed E-state index contributed by atoms with van der Waals surface area (Å²) in [5.41, 5.74) is 23.7. The molecule has 0 unspecified atom stereocenters. The van der Waals surface area contributed by atoms with E-state index in [4.69, 9.17) is 15.5 Å². The van der Waals surface area contributed by atoms with Crippen LogP contribution in [0.3, 0.4) is 0 Å². The number of amides is 1. The van der Waals surface area contributed by atoms with E-state index in [1.54, 1.807) is 0 Å². The Morgan fingerprint density at radius 1 is 0.551 bits per heavy atom. The lowest BCUT2D eigenvalue weighted by atomic mass is 9.92. The molecule has 2 heterocycles. The van der Waals surface area contributed by atoms with Crippen molar-refractivity contribution in [2.75, 3.05) is 6.61 Å². The maximum atomic E-state index is 14.6. The van der Waals surface area contributed by atoms with Gasteiger partial charge in [0.1, 0.15) is 18.3 Å². The fourth-order valence-corrected chi connectivity index (χ4v) is 11.5. The Morgan fingerprint density at radius 3 is 1.69 bits per heavy atom. The molecule has 0 saturated heterocycles. The van der Waals surface area contributed by atoms with Gasteiger partial charge in [0, 0.05) is 12.3 Å². The van der Waals surface area contributed by atoms with Crippen LogP contribution in [0.5, 0.6) is 0 Å². The smallest absolute Gasteiger partial charge is 0.306 e. The van der Waals surface area contributed by atoms with Gasteiger partial charge in [-0.05, 0) is 109 Å². The summed E-state index contributed by atoms with van der Waals surface area (Å²) in [6, 6.07) is 67.7. The molecule has 5 N–H and O–H groups in total. The molecule has 13 rings (SSSR count). The van der Waals surface area contributed by atoms with Crippen LogP contribution in [0.15, 0.2) is 225 Å². The van der Waals surface area contributed by atoms with Crippen molar-refractivity contribution >= 4 is 33.8 Å². The molecule has 1 amide bonds. The van der Waals surface area contributed by atoms with Crippen LogP contribution in [-0.4, -0.2) is 38.4 Å². The Kier molecular flexibility index (Phi) is 14.4. The Labute approximate surface area is 455 Å². The van der Waals surface area contributed by atoms with Crippen LogP contribution >= 0.6 is 0 Å². The molecule has 0 radical (unpaired) electrons. The number of hydrogen-bond donors (Lipinski definition) is 4. The van der Waals surface area contributed by atoms with Crippen molar-refractivity contribution in [3.8, 4) is 33.6 Å². The number of ether oxygens (including phenoxy) is 1. The van der Waals surface area contributed by atoms with Crippen LogP contribution in [0.1, 0.15) is 87.9 Å². The number of aromatic amines is 2.